The first kappa shape index (κ1) is 15.8. The molecular formula is C15H20ClN3O2. The molecule has 0 aliphatic carbocycles. The normalized spacial score (nSPS) is 20.0. The van der Waals surface area contributed by atoms with Gasteiger partial charge in [0, 0.05) is 36.3 Å². The van der Waals surface area contributed by atoms with Crippen molar-refractivity contribution in [2.45, 2.75) is 25.9 Å². The van der Waals surface area contributed by atoms with E-state index in [2.05, 4.69) is 10.6 Å². The number of rotatable bonds is 3. The van der Waals surface area contributed by atoms with Gasteiger partial charge in [-0.2, -0.15) is 0 Å². The van der Waals surface area contributed by atoms with Gasteiger partial charge in [-0.1, -0.05) is 11.6 Å². The Morgan fingerprint density at radius 3 is 2.67 bits per heavy atom. The van der Waals surface area contributed by atoms with Gasteiger partial charge in [0.05, 0.1) is 0 Å². The van der Waals surface area contributed by atoms with Crippen LogP contribution in [0.15, 0.2) is 24.3 Å². The van der Waals surface area contributed by atoms with Crippen molar-refractivity contribution >= 4 is 23.4 Å². The number of piperazine rings is 1. The number of amides is 2. The number of halogens is 1. The molecule has 6 heteroatoms. The molecule has 1 heterocycles. The Labute approximate surface area is 129 Å². The summed E-state index contributed by atoms with van der Waals surface area (Å²) in [6.45, 7) is 5.95. The molecular weight excluding hydrogens is 290 g/mol. The molecule has 0 spiro atoms. The summed E-state index contributed by atoms with van der Waals surface area (Å²) in [5.74, 6) is -0.318. The number of hydrogen-bond donors (Lipinski definition) is 2. The van der Waals surface area contributed by atoms with Crippen LogP contribution in [-0.4, -0.2) is 48.4 Å². The van der Waals surface area contributed by atoms with Crippen LogP contribution < -0.4 is 10.6 Å². The van der Waals surface area contributed by atoms with E-state index in [0.29, 0.717) is 17.1 Å². The van der Waals surface area contributed by atoms with Crippen molar-refractivity contribution in [3.05, 3.63) is 34.9 Å². The zero-order valence-electron chi connectivity index (χ0n) is 12.2. The Hall–Kier alpha value is -1.59. The molecule has 0 saturated carbocycles. The lowest BCUT2D eigenvalue weighted by Gasteiger charge is -2.35. The quantitative estimate of drug-likeness (QED) is 0.884. The summed E-state index contributed by atoms with van der Waals surface area (Å²) in [7, 11) is 0. The fraction of sp³-hybridized carbons (Fsp3) is 0.467. The fourth-order valence-corrected chi connectivity index (χ4v) is 2.49. The maximum absolute atomic E-state index is 12.4. The van der Waals surface area contributed by atoms with E-state index in [-0.39, 0.29) is 17.9 Å². The molecule has 2 rings (SSSR count). The summed E-state index contributed by atoms with van der Waals surface area (Å²) >= 11 is 5.79. The summed E-state index contributed by atoms with van der Waals surface area (Å²) in [5.41, 5.74) is 0.493. The molecule has 2 atom stereocenters. The molecule has 21 heavy (non-hydrogen) atoms. The lowest BCUT2D eigenvalue weighted by atomic mass is 10.1. The smallest absolute Gasteiger partial charge is 0.251 e. The monoisotopic (exact) mass is 309 g/mol. The highest BCUT2D eigenvalue weighted by Gasteiger charge is 2.27. The van der Waals surface area contributed by atoms with Gasteiger partial charge in [0.25, 0.3) is 5.91 Å². The van der Waals surface area contributed by atoms with Crippen LogP contribution in [0.2, 0.25) is 5.02 Å². The summed E-state index contributed by atoms with van der Waals surface area (Å²) in [5, 5.41) is 6.55. The Bertz CT molecular complexity index is 518. The van der Waals surface area contributed by atoms with E-state index < -0.39 is 6.04 Å². The van der Waals surface area contributed by atoms with Crippen LogP contribution in [0.3, 0.4) is 0 Å². The molecule has 0 aromatic heterocycles. The van der Waals surface area contributed by atoms with Crippen molar-refractivity contribution < 1.29 is 9.59 Å². The van der Waals surface area contributed by atoms with Gasteiger partial charge in [-0.25, -0.2) is 0 Å². The number of hydrogen-bond acceptors (Lipinski definition) is 3. The Balaban J connectivity index is 1.96. The zero-order valence-corrected chi connectivity index (χ0v) is 13.0. The molecule has 5 nitrogen and oxygen atoms in total. The van der Waals surface area contributed by atoms with Gasteiger partial charge in [-0.15, -0.1) is 0 Å². The molecule has 114 valence electrons. The number of carbonyl (C=O) groups excluding carboxylic acids is 2. The van der Waals surface area contributed by atoms with Crippen LogP contribution in [0.5, 0.6) is 0 Å². The second-order valence-electron chi connectivity index (χ2n) is 5.29. The largest absolute Gasteiger partial charge is 0.341 e. The lowest BCUT2D eigenvalue weighted by Crippen LogP contribution is -2.57. The average Bonchev–Trinajstić information content (AvgIpc) is 2.47. The average molecular weight is 310 g/mol. The van der Waals surface area contributed by atoms with Crippen molar-refractivity contribution in [2.75, 3.05) is 19.6 Å². The van der Waals surface area contributed by atoms with Gasteiger partial charge in [0.2, 0.25) is 5.91 Å². The highest BCUT2D eigenvalue weighted by atomic mass is 35.5. The van der Waals surface area contributed by atoms with Crippen molar-refractivity contribution in [1.82, 2.24) is 15.5 Å². The minimum Gasteiger partial charge on any atom is -0.341 e. The minimum absolute atomic E-state index is 0.0497. The third kappa shape index (κ3) is 3.95. The summed E-state index contributed by atoms with van der Waals surface area (Å²) < 4.78 is 0. The highest BCUT2D eigenvalue weighted by molar-refractivity contribution is 6.30. The van der Waals surface area contributed by atoms with E-state index in [1.54, 1.807) is 31.2 Å². The predicted octanol–water partition coefficient (Wildman–Crippen LogP) is 1.28. The second-order valence-corrected chi connectivity index (χ2v) is 5.72. The Morgan fingerprint density at radius 1 is 1.38 bits per heavy atom. The Morgan fingerprint density at radius 2 is 2.05 bits per heavy atom. The number of benzene rings is 1. The second kappa shape index (κ2) is 6.91. The van der Waals surface area contributed by atoms with Crippen molar-refractivity contribution in [3.63, 3.8) is 0 Å². The van der Waals surface area contributed by atoms with Gasteiger partial charge >= 0.3 is 0 Å². The first-order valence-electron chi connectivity index (χ1n) is 7.06. The molecule has 1 aromatic carbocycles. The van der Waals surface area contributed by atoms with Gasteiger partial charge < -0.3 is 15.5 Å². The SMILES string of the molecule is CC(NC(=O)c1ccc(Cl)cc1)C(=O)N1CCNC[C@H]1C. The third-order valence-electron chi connectivity index (χ3n) is 3.61. The van der Waals surface area contributed by atoms with E-state index in [9.17, 15) is 9.59 Å². The first-order valence-corrected chi connectivity index (χ1v) is 7.44. The third-order valence-corrected chi connectivity index (χ3v) is 3.86. The van der Waals surface area contributed by atoms with Gasteiger partial charge in [-0.3, -0.25) is 9.59 Å². The van der Waals surface area contributed by atoms with Crippen molar-refractivity contribution in [1.29, 1.82) is 0 Å². The summed E-state index contributed by atoms with van der Waals surface area (Å²) in [6.07, 6.45) is 0. The van der Waals surface area contributed by atoms with Crippen LogP contribution in [0, 0.1) is 0 Å². The fourth-order valence-electron chi connectivity index (χ4n) is 2.36. The molecule has 1 aromatic rings. The topological polar surface area (TPSA) is 61.4 Å². The zero-order chi connectivity index (χ0) is 15.4. The van der Waals surface area contributed by atoms with Crippen LogP contribution in [0.25, 0.3) is 0 Å². The van der Waals surface area contributed by atoms with Gasteiger partial charge in [0.1, 0.15) is 6.04 Å². The van der Waals surface area contributed by atoms with E-state index in [1.807, 2.05) is 11.8 Å². The van der Waals surface area contributed by atoms with E-state index >= 15 is 0 Å². The molecule has 0 bridgehead atoms. The summed E-state index contributed by atoms with van der Waals surface area (Å²) in [6, 6.07) is 6.18. The standard InChI is InChI=1S/C15H20ClN3O2/c1-10-9-17-7-8-19(10)15(21)11(2)18-14(20)12-3-5-13(16)6-4-12/h3-6,10-11,17H,7-9H2,1-2H3,(H,18,20)/t10-,11?/m1/s1. The van der Waals surface area contributed by atoms with E-state index in [4.69, 9.17) is 11.6 Å². The van der Waals surface area contributed by atoms with Crippen molar-refractivity contribution in [3.8, 4) is 0 Å². The number of carbonyl (C=O) groups is 2. The number of nitrogens with zero attached hydrogens (tertiary/aromatic N) is 1. The molecule has 1 saturated heterocycles. The molecule has 1 unspecified atom stereocenters. The van der Waals surface area contributed by atoms with Crippen LogP contribution in [0.1, 0.15) is 24.2 Å². The summed E-state index contributed by atoms with van der Waals surface area (Å²) in [4.78, 5) is 26.3. The Kier molecular flexibility index (Phi) is 5.20. The van der Waals surface area contributed by atoms with E-state index in [1.165, 1.54) is 0 Å². The predicted molar refractivity (Wildman–Crippen MR) is 82.4 cm³/mol. The molecule has 1 aliphatic rings. The van der Waals surface area contributed by atoms with E-state index in [0.717, 1.165) is 13.1 Å². The van der Waals surface area contributed by atoms with Gasteiger partial charge in [-0.05, 0) is 38.1 Å². The van der Waals surface area contributed by atoms with Crippen LogP contribution >= 0.6 is 11.6 Å². The molecule has 1 aliphatic heterocycles. The molecule has 2 N–H and O–H groups in total. The van der Waals surface area contributed by atoms with Crippen LogP contribution in [0.4, 0.5) is 0 Å². The molecule has 0 radical (unpaired) electrons. The lowest BCUT2D eigenvalue weighted by molar-refractivity contribution is -0.135. The van der Waals surface area contributed by atoms with Gasteiger partial charge in [0.15, 0.2) is 0 Å². The molecule has 1 fully saturated rings. The first-order chi connectivity index (χ1) is 9.99. The highest BCUT2D eigenvalue weighted by Crippen LogP contribution is 2.10. The maximum atomic E-state index is 12.4. The maximum Gasteiger partial charge on any atom is 0.251 e. The minimum atomic E-state index is -0.547. The van der Waals surface area contributed by atoms with Crippen molar-refractivity contribution in [2.24, 2.45) is 0 Å². The number of nitrogens with one attached hydrogen (secondary N) is 2. The molecule has 2 amide bonds. The van der Waals surface area contributed by atoms with Crippen LogP contribution in [-0.2, 0) is 4.79 Å².